The molecule has 3 heteroatoms. The van der Waals surface area contributed by atoms with Gasteiger partial charge in [-0.05, 0) is 25.2 Å². The summed E-state index contributed by atoms with van der Waals surface area (Å²) in [6.45, 7) is 3.28. The quantitative estimate of drug-likeness (QED) is 0.460. The van der Waals surface area contributed by atoms with Gasteiger partial charge in [-0.15, -0.1) is 0 Å². The van der Waals surface area contributed by atoms with E-state index in [-0.39, 0.29) is 0 Å². The molecule has 0 aromatic rings. The van der Waals surface area contributed by atoms with Gasteiger partial charge >= 0.3 is 0 Å². The Hall–Kier alpha value is -0.410. The summed E-state index contributed by atoms with van der Waals surface area (Å²) < 4.78 is 10.2. The normalized spacial score (nSPS) is 24.5. The average molecular weight is 242 g/mol. The minimum atomic E-state index is 0.313. The van der Waals surface area contributed by atoms with Crippen molar-refractivity contribution in [1.29, 1.82) is 0 Å². The molecule has 0 radical (unpaired) electrons. The van der Waals surface area contributed by atoms with E-state index in [0.29, 0.717) is 24.4 Å². The minimum absolute atomic E-state index is 0.313. The standard InChI is InChI=1S/C14H26O3/c1-3-4-5-6-13-12(7-8-14(13)15)9-10-17-11-16-2/h12-13H,3-11H2,1-2H3. The molecule has 0 aliphatic heterocycles. The molecule has 0 N–H and O–H groups in total. The molecule has 0 bridgehead atoms. The van der Waals surface area contributed by atoms with E-state index in [9.17, 15) is 4.79 Å². The summed E-state index contributed by atoms with van der Waals surface area (Å²) in [5.74, 6) is 1.35. The zero-order valence-electron chi connectivity index (χ0n) is 11.2. The van der Waals surface area contributed by atoms with Crippen molar-refractivity contribution in [1.82, 2.24) is 0 Å². The minimum Gasteiger partial charge on any atom is -0.359 e. The lowest BCUT2D eigenvalue weighted by molar-refractivity contribution is -0.121. The fourth-order valence-electron chi connectivity index (χ4n) is 2.71. The van der Waals surface area contributed by atoms with E-state index >= 15 is 0 Å². The number of hydrogen-bond acceptors (Lipinski definition) is 3. The van der Waals surface area contributed by atoms with E-state index in [1.165, 1.54) is 19.3 Å². The van der Waals surface area contributed by atoms with Crippen LogP contribution in [0, 0.1) is 11.8 Å². The lowest BCUT2D eigenvalue weighted by Gasteiger charge is -2.18. The second-order valence-corrected chi connectivity index (χ2v) is 4.97. The van der Waals surface area contributed by atoms with Crippen LogP contribution in [0.25, 0.3) is 0 Å². The molecule has 0 aromatic carbocycles. The molecule has 3 nitrogen and oxygen atoms in total. The van der Waals surface area contributed by atoms with Gasteiger partial charge in [0.05, 0.1) is 0 Å². The summed E-state index contributed by atoms with van der Waals surface area (Å²) in [6, 6.07) is 0. The van der Waals surface area contributed by atoms with Crippen molar-refractivity contribution in [3.05, 3.63) is 0 Å². The Balaban J connectivity index is 2.23. The van der Waals surface area contributed by atoms with Crippen LogP contribution >= 0.6 is 0 Å². The van der Waals surface area contributed by atoms with Gasteiger partial charge in [0.25, 0.3) is 0 Å². The summed E-state index contributed by atoms with van der Waals surface area (Å²) >= 11 is 0. The predicted molar refractivity (Wildman–Crippen MR) is 67.8 cm³/mol. The zero-order valence-corrected chi connectivity index (χ0v) is 11.2. The van der Waals surface area contributed by atoms with E-state index in [1.807, 2.05) is 0 Å². The van der Waals surface area contributed by atoms with Crippen molar-refractivity contribution in [2.24, 2.45) is 11.8 Å². The number of carbonyl (C=O) groups is 1. The van der Waals surface area contributed by atoms with E-state index in [0.717, 1.165) is 32.3 Å². The van der Waals surface area contributed by atoms with Crippen molar-refractivity contribution in [2.75, 3.05) is 20.5 Å². The van der Waals surface area contributed by atoms with Gasteiger partial charge in [0.15, 0.2) is 0 Å². The fourth-order valence-corrected chi connectivity index (χ4v) is 2.71. The lowest BCUT2D eigenvalue weighted by atomic mass is 9.88. The summed E-state index contributed by atoms with van der Waals surface area (Å²) in [7, 11) is 1.63. The molecule has 0 amide bonds. The number of hydrogen-bond donors (Lipinski definition) is 0. The topological polar surface area (TPSA) is 35.5 Å². The maximum atomic E-state index is 11.8. The third-order valence-electron chi connectivity index (χ3n) is 3.70. The Morgan fingerprint density at radius 1 is 1.29 bits per heavy atom. The Morgan fingerprint density at radius 2 is 2.12 bits per heavy atom. The Kier molecular flexibility index (Phi) is 7.45. The first-order valence-electron chi connectivity index (χ1n) is 6.89. The highest BCUT2D eigenvalue weighted by atomic mass is 16.7. The maximum Gasteiger partial charge on any atom is 0.146 e. The molecule has 0 saturated heterocycles. The highest BCUT2D eigenvalue weighted by Crippen LogP contribution is 2.34. The van der Waals surface area contributed by atoms with Crippen LogP contribution in [-0.2, 0) is 14.3 Å². The number of ketones is 1. The highest BCUT2D eigenvalue weighted by Gasteiger charge is 2.33. The molecule has 0 heterocycles. The van der Waals surface area contributed by atoms with Gasteiger partial charge in [0.1, 0.15) is 12.6 Å². The van der Waals surface area contributed by atoms with Gasteiger partial charge in [-0.3, -0.25) is 4.79 Å². The van der Waals surface area contributed by atoms with E-state index in [4.69, 9.17) is 9.47 Å². The molecule has 1 aliphatic rings. The van der Waals surface area contributed by atoms with Crippen molar-refractivity contribution in [3.8, 4) is 0 Å². The van der Waals surface area contributed by atoms with Crippen LogP contribution in [0.3, 0.4) is 0 Å². The van der Waals surface area contributed by atoms with Gasteiger partial charge in [0.2, 0.25) is 0 Å². The highest BCUT2D eigenvalue weighted by molar-refractivity contribution is 5.83. The largest absolute Gasteiger partial charge is 0.359 e. The molecule has 1 saturated carbocycles. The smallest absolute Gasteiger partial charge is 0.146 e. The number of Topliss-reactive ketones (excluding diaryl/α,β-unsaturated/α-hetero) is 1. The number of unbranched alkanes of at least 4 members (excludes halogenated alkanes) is 2. The van der Waals surface area contributed by atoms with Gasteiger partial charge in [-0.1, -0.05) is 26.2 Å². The number of ether oxygens (including phenoxy) is 2. The SMILES string of the molecule is CCCCCC1C(=O)CCC1CCOCOC. The summed E-state index contributed by atoms with van der Waals surface area (Å²) in [6.07, 6.45) is 7.60. The van der Waals surface area contributed by atoms with Gasteiger partial charge in [-0.25, -0.2) is 0 Å². The van der Waals surface area contributed by atoms with E-state index in [2.05, 4.69) is 6.92 Å². The number of rotatable bonds is 9. The maximum absolute atomic E-state index is 11.8. The second-order valence-electron chi connectivity index (χ2n) is 4.97. The van der Waals surface area contributed by atoms with E-state index < -0.39 is 0 Å². The summed E-state index contributed by atoms with van der Waals surface area (Å²) in [4.78, 5) is 11.8. The fraction of sp³-hybridized carbons (Fsp3) is 0.929. The molecule has 0 aromatic heterocycles. The van der Waals surface area contributed by atoms with Crippen LogP contribution < -0.4 is 0 Å². The first-order valence-corrected chi connectivity index (χ1v) is 6.89. The molecule has 2 atom stereocenters. The van der Waals surface area contributed by atoms with Crippen LogP contribution in [0.2, 0.25) is 0 Å². The summed E-state index contributed by atoms with van der Waals surface area (Å²) in [5.41, 5.74) is 0. The lowest BCUT2D eigenvalue weighted by Crippen LogP contribution is -2.16. The second kappa shape index (κ2) is 8.65. The predicted octanol–water partition coefficient (Wildman–Crippen LogP) is 3.17. The van der Waals surface area contributed by atoms with Crippen LogP contribution in [0.15, 0.2) is 0 Å². The average Bonchev–Trinajstić information content (AvgIpc) is 2.67. The van der Waals surface area contributed by atoms with Crippen molar-refractivity contribution < 1.29 is 14.3 Å². The molecular formula is C14H26O3. The van der Waals surface area contributed by atoms with Crippen LogP contribution in [0.1, 0.15) is 51.9 Å². The first kappa shape index (κ1) is 14.7. The van der Waals surface area contributed by atoms with Gasteiger partial charge < -0.3 is 9.47 Å². The third kappa shape index (κ3) is 5.17. The first-order chi connectivity index (χ1) is 8.29. The Morgan fingerprint density at radius 3 is 2.82 bits per heavy atom. The van der Waals surface area contributed by atoms with Crippen LogP contribution in [0.4, 0.5) is 0 Å². The van der Waals surface area contributed by atoms with Crippen molar-refractivity contribution in [2.45, 2.75) is 51.9 Å². The molecule has 0 spiro atoms. The molecule has 1 rings (SSSR count). The Labute approximate surface area is 105 Å². The van der Waals surface area contributed by atoms with Crippen LogP contribution in [-0.4, -0.2) is 26.3 Å². The van der Waals surface area contributed by atoms with Crippen molar-refractivity contribution in [3.63, 3.8) is 0 Å². The van der Waals surface area contributed by atoms with Gasteiger partial charge in [0, 0.05) is 26.1 Å². The molecule has 1 aliphatic carbocycles. The zero-order chi connectivity index (χ0) is 12.5. The van der Waals surface area contributed by atoms with Crippen LogP contribution in [0.5, 0.6) is 0 Å². The Bertz CT molecular complexity index is 216. The summed E-state index contributed by atoms with van der Waals surface area (Å²) in [5, 5.41) is 0. The molecule has 1 fully saturated rings. The number of carbonyl (C=O) groups excluding carboxylic acids is 1. The van der Waals surface area contributed by atoms with Crippen molar-refractivity contribution >= 4 is 5.78 Å². The molecule has 2 unspecified atom stereocenters. The van der Waals surface area contributed by atoms with Gasteiger partial charge in [-0.2, -0.15) is 0 Å². The number of methoxy groups -OCH3 is 1. The third-order valence-corrected chi connectivity index (χ3v) is 3.70. The molecule has 17 heavy (non-hydrogen) atoms. The monoisotopic (exact) mass is 242 g/mol. The molecular weight excluding hydrogens is 216 g/mol. The molecule has 100 valence electrons. The van der Waals surface area contributed by atoms with E-state index in [1.54, 1.807) is 7.11 Å².